The molecule has 0 fully saturated rings. The summed E-state index contributed by atoms with van der Waals surface area (Å²) in [6.07, 6.45) is 6.30. The summed E-state index contributed by atoms with van der Waals surface area (Å²) < 4.78 is 5.68. The number of ether oxygens (including phenoxy) is 1. The van der Waals surface area contributed by atoms with Crippen LogP contribution in [0, 0.1) is 5.41 Å². The van der Waals surface area contributed by atoms with Crippen molar-refractivity contribution in [3.05, 3.63) is 0 Å². The van der Waals surface area contributed by atoms with E-state index in [4.69, 9.17) is 4.74 Å². The lowest BCUT2D eigenvalue weighted by molar-refractivity contribution is 0.0403. The van der Waals surface area contributed by atoms with E-state index in [1.807, 2.05) is 0 Å². The van der Waals surface area contributed by atoms with Crippen LogP contribution in [0.25, 0.3) is 0 Å². The topological polar surface area (TPSA) is 21.3 Å². The van der Waals surface area contributed by atoms with Crippen molar-refractivity contribution in [1.82, 2.24) is 5.32 Å². The predicted octanol–water partition coefficient (Wildman–Crippen LogP) is 3.61. The van der Waals surface area contributed by atoms with Crippen molar-refractivity contribution in [3.63, 3.8) is 0 Å². The lowest BCUT2D eigenvalue weighted by Crippen LogP contribution is -2.38. The molecule has 1 unspecified atom stereocenters. The van der Waals surface area contributed by atoms with Crippen molar-refractivity contribution in [2.24, 2.45) is 5.41 Å². The molecule has 2 nitrogen and oxygen atoms in total. The van der Waals surface area contributed by atoms with E-state index in [1.54, 1.807) is 0 Å². The number of hydrogen-bond donors (Lipinski definition) is 1. The summed E-state index contributed by atoms with van der Waals surface area (Å²) in [5, 5.41) is 3.56. The fourth-order valence-corrected chi connectivity index (χ4v) is 2.02. The summed E-state index contributed by atoms with van der Waals surface area (Å²) in [7, 11) is 0. The van der Waals surface area contributed by atoms with Crippen LogP contribution in [-0.2, 0) is 4.74 Å². The molecular formula is C14H31NO. The third kappa shape index (κ3) is 6.49. The molecule has 1 atom stereocenters. The Balaban J connectivity index is 4.16. The van der Waals surface area contributed by atoms with Crippen molar-refractivity contribution in [1.29, 1.82) is 0 Å². The highest BCUT2D eigenvalue weighted by Gasteiger charge is 2.27. The van der Waals surface area contributed by atoms with Gasteiger partial charge in [-0.15, -0.1) is 0 Å². The van der Waals surface area contributed by atoms with Gasteiger partial charge in [-0.2, -0.15) is 0 Å². The van der Waals surface area contributed by atoms with Crippen LogP contribution in [0.4, 0.5) is 0 Å². The summed E-state index contributed by atoms with van der Waals surface area (Å²) in [6, 6.07) is 0. The summed E-state index contributed by atoms with van der Waals surface area (Å²) in [5.74, 6) is 0. The van der Waals surface area contributed by atoms with E-state index in [1.165, 1.54) is 32.1 Å². The number of unbranched alkanes of at least 4 members (excludes halogenated alkanes) is 1. The predicted molar refractivity (Wildman–Crippen MR) is 71.9 cm³/mol. The van der Waals surface area contributed by atoms with E-state index in [0.29, 0.717) is 5.41 Å². The summed E-state index contributed by atoms with van der Waals surface area (Å²) in [6.45, 7) is 12.8. The van der Waals surface area contributed by atoms with E-state index in [2.05, 4.69) is 33.0 Å². The molecule has 0 aliphatic rings. The van der Waals surface area contributed by atoms with Crippen LogP contribution in [0.1, 0.15) is 59.8 Å². The first-order valence-electron chi connectivity index (χ1n) is 7.03. The van der Waals surface area contributed by atoms with Crippen LogP contribution < -0.4 is 5.32 Å². The molecule has 0 aliphatic heterocycles. The molecule has 0 saturated heterocycles. The van der Waals surface area contributed by atoms with Gasteiger partial charge in [-0.1, -0.05) is 33.6 Å². The van der Waals surface area contributed by atoms with Gasteiger partial charge in [0, 0.05) is 18.6 Å². The van der Waals surface area contributed by atoms with Crippen LogP contribution in [0.15, 0.2) is 0 Å². The van der Waals surface area contributed by atoms with Gasteiger partial charge >= 0.3 is 0 Å². The van der Waals surface area contributed by atoms with Crippen LogP contribution in [-0.4, -0.2) is 26.3 Å². The van der Waals surface area contributed by atoms with Crippen molar-refractivity contribution < 1.29 is 4.74 Å². The number of nitrogens with one attached hydrogen (secondary N) is 1. The fourth-order valence-electron chi connectivity index (χ4n) is 2.02. The summed E-state index contributed by atoms with van der Waals surface area (Å²) in [4.78, 5) is 0. The largest absolute Gasteiger partial charge is 0.381 e. The number of rotatable bonds is 11. The quantitative estimate of drug-likeness (QED) is 0.546. The molecule has 0 heterocycles. The molecule has 16 heavy (non-hydrogen) atoms. The highest BCUT2D eigenvalue weighted by molar-refractivity contribution is 4.80. The van der Waals surface area contributed by atoms with Gasteiger partial charge in [0.2, 0.25) is 0 Å². The third-order valence-electron chi connectivity index (χ3n) is 3.35. The van der Waals surface area contributed by atoms with Gasteiger partial charge in [0.1, 0.15) is 0 Å². The molecule has 0 aromatic carbocycles. The normalized spacial score (nSPS) is 15.0. The van der Waals surface area contributed by atoms with Crippen LogP contribution in [0.5, 0.6) is 0 Å². The lowest BCUT2D eigenvalue weighted by Gasteiger charge is -2.33. The Bertz CT molecular complexity index is 140. The van der Waals surface area contributed by atoms with E-state index in [0.717, 1.165) is 26.3 Å². The van der Waals surface area contributed by atoms with Gasteiger partial charge in [0.15, 0.2) is 0 Å². The Morgan fingerprint density at radius 1 is 1.06 bits per heavy atom. The SMILES string of the molecule is CCCCC(CC)(CNCCC)COCC. The second kappa shape index (κ2) is 10.1. The zero-order chi connectivity index (χ0) is 12.3. The minimum Gasteiger partial charge on any atom is -0.381 e. The maximum absolute atomic E-state index is 5.68. The lowest BCUT2D eigenvalue weighted by atomic mass is 9.80. The van der Waals surface area contributed by atoms with Gasteiger partial charge in [0.25, 0.3) is 0 Å². The fraction of sp³-hybridized carbons (Fsp3) is 1.00. The van der Waals surface area contributed by atoms with Gasteiger partial charge < -0.3 is 10.1 Å². The van der Waals surface area contributed by atoms with Crippen molar-refractivity contribution in [3.8, 4) is 0 Å². The molecule has 0 radical (unpaired) electrons. The first kappa shape index (κ1) is 15.9. The van der Waals surface area contributed by atoms with Crippen molar-refractivity contribution in [2.45, 2.75) is 59.8 Å². The maximum atomic E-state index is 5.68. The standard InChI is InChI=1S/C14H31NO/c1-5-9-10-14(7-3,13-16-8-4)12-15-11-6-2/h15H,5-13H2,1-4H3. The maximum Gasteiger partial charge on any atom is 0.0534 e. The monoisotopic (exact) mass is 229 g/mol. The molecule has 0 amide bonds. The van der Waals surface area contributed by atoms with Gasteiger partial charge in [-0.05, 0) is 32.7 Å². The minimum atomic E-state index is 0.362. The highest BCUT2D eigenvalue weighted by atomic mass is 16.5. The zero-order valence-corrected chi connectivity index (χ0v) is 11.8. The third-order valence-corrected chi connectivity index (χ3v) is 3.35. The first-order valence-corrected chi connectivity index (χ1v) is 7.03. The Labute approximate surface area is 102 Å². The summed E-state index contributed by atoms with van der Waals surface area (Å²) >= 11 is 0. The molecule has 0 rings (SSSR count). The first-order chi connectivity index (χ1) is 7.74. The second-order valence-electron chi connectivity index (χ2n) is 4.77. The van der Waals surface area contributed by atoms with Gasteiger partial charge in [0.05, 0.1) is 6.61 Å². The molecular weight excluding hydrogens is 198 g/mol. The Morgan fingerprint density at radius 3 is 2.31 bits per heavy atom. The molecule has 98 valence electrons. The minimum absolute atomic E-state index is 0.362. The Morgan fingerprint density at radius 2 is 1.81 bits per heavy atom. The molecule has 0 aromatic heterocycles. The van der Waals surface area contributed by atoms with Gasteiger partial charge in [-0.3, -0.25) is 0 Å². The van der Waals surface area contributed by atoms with Crippen molar-refractivity contribution in [2.75, 3.05) is 26.3 Å². The Hall–Kier alpha value is -0.0800. The molecule has 0 spiro atoms. The average Bonchev–Trinajstić information content (AvgIpc) is 2.32. The summed E-state index contributed by atoms with van der Waals surface area (Å²) in [5.41, 5.74) is 0.362. The molecule has 1 N–H and O–H groups in total. The zero-order valence-electron chi connectivity index (χ0n) is 11.8. The second-order valence-corrected chi connectivity index (χ2v) is 4.77. The van der Waals surface area contributed by atoms with E-state index < -0.39 is 0 Å². The van der Waals surface area contributed by atoms with Crippen LogP contribution in [0.3, 0.4) is 0 Å². The molecule has 2 heteroatoms. The van der Waals surface area contributed by atoms with Gasteiger partial charge in [-0.25, -0.2) is 0 Å². The van der Waals surface area contributed by atoms with E-state index >= 15 is 0 Å². The smallest absolute Gasteiger partial charge is 0.0534 e. The molecule has 0 saturated carbocycles. The average molecular weight is 229 g/mol. The van der Waals surface area contributed by atoms with E-state index in [-0.39, 0.29) is 0 Å². The van der Waals surface area contributed by atoms with Crippen LogP contribution in [0.2, 0.25) is 0 Å². The van der Waals surface area contributed by atoms with Crippen molar-refractivity contribution >= 4 is 0 Å². The molecule has 0 bridgehead atoms. The van der Waals surface area contributed by atoms with E-state index in [9.17, 15) is 0 Å². The molecule has 0 aromatic rings. The highest BCUT2D eigenvalue weighted by Crippen LogP contribution is 2.28. The molecule has 0 aliphatic carbocycles. The number of hydrogen-bond acceptors (Lipinski definition) is 2. The van der Waals surface area contributed by atoms with Crippen LogP contribution >= 0.6 is 0 Å². The Kier molecular flexibility index (Phi) is 10.0.